The summed E-state index contributed by atoms with van der Waals surface area (Å²) in [5.74, 6) is -0.295. The molecule has 1 heterocycles. The van der Waals surface area contributed by atoms with Crippen LogP contribution in [0.3, 0.4) is 0 Å². The van der Waals surface area contributed by atoms with Crippen molar-refractivity contribution in [3.63, 3.8) is 0 Å². The predicted molar refractivity (Wildman–Crippen MR) is 71.7 cm³/mol. The van der Waals surface area contributed by atoms with Crippen molar-refractivity contribution >= 4 is 11.9 Å². The van der Waals surface area contributed by atoms with Gasteiger partial charge in [0.25, 0.3) is 0 Å². The number of carbonyl (C=O) groups is 2. The number of hydrogen-bond donors (Lipinski definition) is 1. The van der Waals surface area contributed by atoms with Gasteiger partial charge in [0.1, 0.15) is 6.04 Å². The molecule has 20 heavy (non-hydrogen) atoms. The molecule has 3 atom stereocenters. The van der Waals surface area contributed by atoms with Crippen molar-refractivity contribution in [2.75, 3.05) is 26.7 Å². The number of carboxylic acids is 1. The van der Waals surface area contributed by atoms with Gasteiger partial charge in [0.2, 0.25) is 5.91 Å². The minimum atomic E-state index is -0.813. The Morgan fingerprint density at radius 1 is 1.45 bits per heavy atom. The number of amides is 1. The third-order valence-corrected chi connectivity index (χ3v) is 4.56. The van der Waals surface area contributed by atoms with Crippen LogP contribution < -0.4 is 0 Å². The third kappa shape index (κ3) is 2.93. The molecule has 3 unspecified atom stereocenters. The molecule has 2 fully saturated rings. The Bertz CT molecular complexity index is 432. The topological polar surface area (TPSA) is 84.6 Å². The van der Waals surface area contributed by atoms with Crippen molar-refractivity contribution in [3.05, 3.63) is 0 Å². The van der Waals surface area contributed by atoms with Crippen LogP contribution in [0.25, 0.3) is 0 Å². The van der Waals surface area contributed by atoms with Gasteiger partial charge in [0, 0.05) is 20.1 Å². The van der Waals surface area contributed by atoms with E-state index in [0.29, 0.717) is 25.4 Å². The molecule has 2 rings (SSSR count). The number of nitriles is 1. The fourth-order valence-corrected chi connectivity index (χ4v) is 3.53. The minimum Gasteiger partial charge on any atom is -0.480 e. The van der Waals surface area contributed by atoms with Crippen molar-refractivity contribution in [1.82, 2.24) is 9.80 Å². The van der Waals surface area contributed by atoms with Crippen molar-refractivity contribution in [2.24, 2.45) is 11.8 Å². The largest absolute Gasteiger partial charge is 0.480 e. The SMILES string of the molecule is CN(CCC#N)C(=O)CN1CC2CCCC2C1C(=O)O. The van der Waals surface area contributed by atoms with Crippen molar-refractivity contribution in [2.45, 2.75) is 31.7 Å². The standard InChI is InChI=1S/C14H21N3O3/c1-16(7-3-6-15)12(18)9-17-8-10-4-2-5-11(10)13(17)14(19)20/h10-11,13H,2-5,7-9H2,1H3,(H,19,20). The maximum absolute atomic E-state index is 12.1. The van der Waals surface area contributed by atoms with Crippen LogP contribution in [0.5, 0.6) is 0 Å². The Morgan fingerprint density at radius 3 is 2.85 bits per heavy atom. The Labute approximate surface area is 119 Å². The van der Waals surface area contributed by atoms with Crippen LogP contribution in [0.1, 0.15) is 25.7 Å². The lowest BCUT2D eigenvalue weighted by Gasteiger charge is -2.25. The maximum Gasteiger partial charge on any atom is 0.321 e. The normalized spacial score (nSPS) is 28.9. The van der Waals surface area contributed by atoms with Gasteiger partial charge in [-0.15, -0.1) is 0 Å². The second kappa shape index (κ2) is 6.23. The number of nitrogens with zero attached hydrogens (tertiary/aromatic N) is 3. The van der Waals surface area contributed by atoms with E-state index in [4.69, 9.17) is 5.26 Å². The molecule has 1 aliphatic carbocycles. The zero-order valence-electron chi connectivity index (χ0n) is 11.8. The number of fused-ring (bicyclic) bond motifs is 1. The minimum absolute atomic E-state index is 0.105. The van der Waals surface area contributed by atoms with E-state index >= 15 is 0 Å². The number of hydrogen-bond acceptors (Lipinski definition) is 4. The zero-order chi connectivity index (χ0) is 14.7. The molecule has 0 aromatic carbocycles. The molecule has 1 saturated heterocycles. The first kappa shape index (κ1) is 14.8. The third-order valence-electron chi connectivity index (χ3n) is 4.56. The van der Waals surface area contributed by atoms with E-state index in [2.05, 4.69) is 0 Å². The van der Waals surface area contributed by atoms with Crippen molar-refractivity contribution in [3.8, 4) is 6.07 Å². The van der Waals surface area contributed by atoms with Gasteiger partial charge in [-0.1, -0.05) is 6.42 Å². The number of aliphatic carboxylic acids is 1. The molecule has 0 aromatic rings. The summed E-state index contributed by atoms with van der Waals surface area (Å²) in [6.45, 7) is 1.25. The molecule has 0 radical (unpaired) electrons. The maximum atomic E-state index is 12.1. The first-order chi connectivity index (χ1) is 9.54. The van der Waals surface area contributed by atoms with Gasteiger partial charge in [-0.3, -0.25) is 14.5 Å². The number of carboxylic acid groups (broad SMARTS) is 1. The van der Waals surface area contributed by atoms with Gasteiger partial charge < -0.3 is 10.0 Å². The smallest absolute Gasteiger partial charge is 0.321 e. The zero-order valence-corrected chi connectivity index (χ0v) is 11.8. The summed E-state index contributed by atoms with van der Waals surface area (Å²) in [5, 5.41) is 17.9. The summed E-state index contributed by atoms with van der Waals surface area (Å²) in [7, 11) is 1.66. The van der Waals surface area contributed by atoms with Crippen LogP contribution in [0.15, 0.2) is 0 Å². The van der Waals surface area contributed by atoms with E-state index in [-0.39, 0.29) is 18.4 Å². The molecule has 110 valence electrons. The summed E-state index contributed by atoms with van der Waals surface area (Å²) in [4.78, 5) is 26.9. The van der Waals surface area contributed by atoms with Gasteiger partial charge in [-0.25, -0.2) is 0 Å². The van der Waals surface area contributed by atoms with Crippen LogP contribution in [0.2, 0.25) is 0 Å². The van der Waals surface area contributed by atoms with Gasteiger partial charge in [0.15, 0.2) is 0 Å². The number of carbonyl (C=O) groups excluding carboxylic acids is 1. The van der Waals surface area contributed by atoms with Gasteiger partial charge >= 0.3 is 5.97 Å². The van der Waals surface area contributed by atoms with E-state index in [1.54, 1.807) is 7.05 Å². The number of likely N-dealkylation sites (N-methyl/N-ethyl adjacent to an activating group) is 1. The second-order valence-corrected chi connectivity index (χ2v) is 5.79. The molecule has 0 bridgehead atoms. The molecule has 6 heteroatoms. The van der Waals surface area contributed by atoms with E-state index in [1.807, 2.05) is 11.0 Å². The van der Waals surface area contributed by atoms with E-state index in [1.165, 1.54) is 4.90 Å². The first-order valence-corrected chi connectivity index (χ1v) is 7.12. The van der Waals surface area contributed by atoms with Crippen molar-refractivity contribution < 1.29 is 14.7 Å². The average Bonchev–Trinajstić information content (AvgIpc) is 2.95. The Kier molecular flexibility index (Phi) is 4.61. The highest BCUT2D eigenvalue weighted by Gasteiger charge is 2.48. The molecule has 1 aliphatic heterocycles. The first-order valence-electron chi connectivity index (χ1n) is 7.12. The summed E-state index contributed by atoms with van der Waals surface area (Å²) < 4.78 is 0. The number of rotatable bonds is 5. The molecular weight excluding hydrogens is 258 g/mol. The molecule has 1 amide bonds. The highest BCUT2D eigenvalue weighted by atomic mass is 16.4. The summed E-state index contributed by atoms with van der Waals surface area (Å²) in [6.07, 6.45) is 3.43. The Hall–Kier alpha value is -1.61. The van der Waals surface area contributed by atoms with Crippen LogP contribution in [-0.2, 0) is 9.59 Å². The van der Waals surface area contributed by atoms with Crippen LogP contribution >= 0.6 is 0 Å². The monoisotopic (exact) mass is 279 g/mol. The summed E-state index contributed by atoms with van der Waals surface area (Å²) in [5.41, 5.74) is 0. The molecule has 6 nitrogen and oxygen atoms in total. The second-order valence-electron chi connectivity index (χ2n) is 5.79. The molecule has 0 aromatic heterocycles. The lowest BCUT2D eigenvalue weighted by molar-refractivity contribution is -0.144. The van der Waals surface area contributed by atoms with Crippen LogP contribution in [0.4, 0.5) is 0 Å². The fourth-order valence-electron chi connectivity index (χ4n) is 3.53. The highest BCUT2D eigenvalue weighted by molar-refractivity contribution is 5.80. The summed E-state index contributed by atoms with van der Waals surface area (Å²) >= 11 is 0. The molecule has 1 saturated carbocycles. The number of likely N-dealkylation sites (tertiary alicyclic amines) is 1. The predicted octanol–water partition coefficient (Wildman–Crippen LogP) is 0.544. The molecular formula is C14H21N3O3. The lowest BCUT2D eigenvalue weighted by Crippen LogP contribution is -2.45. The fraction of sp³-hybridized carbons (Fsp3) is 0.786. The molecule has 0 spiro atoms. The van der Waals surface area contributed by atoms with Gasteiger partial charge in [-0.2, -0.15) is 5.26 Å². The highest BCUT2D eigenvalue weighted by Crippen LogP contribution is 2.42. The van der Waals surface area contributed by atoms with E-state index in [9.17, 15) is 14.7 Å². The van der Waals surface area contributed by atoms with Crippen LogP contribution in [-0.4, -0.2) is 59.5 Å². The van der Waals surface area contributed by atoms with Crippen LogP contribution in [0, 0.1) is 23.2 Å². The van der Waals surface area contributed by atoms with E-state index < -0.39 is 12.0 Å². The van der Waals surface area contributed by atoms with E-state index in [0.717, 1.165) is 19.3 Å². The Morgan fingerprint density at radius 2 is 2.20 bits per heavy atom. The quantitative estimate of drug-likeness (QED) is 0.794. The van der Waals surface area contributed by atoms with Gasteiger partial charge in [-0.05, 0) is 24.7 Å². The molecule has 1 N–H and O–H groups in total. The molecule has 2 aliphatic rings. The Balaban J connectivity index is 1.96. The lowest BCUT2D eigenvalue weighted by atomic mass is 9.94. The average molecular weight is 279 g/mol. The van der Waals surface area contributed by atoms with Gasteiger partial charge in [0.05, 0.1) is 19.0 Å². The van der Waals surface area contributed by atoms with Crippen molar-refractivity contribution in [1.29, 1.82) is 5.26 Å². The summed E-state index contributed by atoms with van der Waals surface area (Å²) in [6, 6.07) is 1.49.